The Balaban J connectivity index is 3.25. The summed E-state index contributed by atoms with van der Waals surface area (Å²) >= 11 is 0. The van der Waals surface area contributed by atoms with Gasteiger partial charge in [0.1, 0.15) is 0 Å². The molecule has 0 unspecified atom stereocenters. The molecule has 0 aromatic rings. The third-order valence-corrected chi connectivity index (χ3v) is 2.29. The van der Waals surface area contributed by atoms with E-state index in [2.05, 4.69) is 25.8 Å². The third kappa shape index (κ3) is 9.59. The summed E-state index contributed by atoms with van der Waals surface area (Å²) in [6, 6.07) is 0. The first-order valence-corrected chi connectivity index (χ1v) is 5.81. The van der Waals surface area contributed by atoms with Crippen LogP contribution in [-0.4, -0.2) is 12.3 Å². The number of nitrogens with zero attached hydrogens (tertiary/aromatic N) is 1. The predicted molar refractivity (Wildman–Crippen MR) is 61.6 cm³/mol. The molecule has 0 spiro atoms. The topological polar surface area (TPSA) is 12.4 Å². The van der Waals surface area contributed by atoms with E-state index in [4.69, 9.17) is 0 Å². The minimum Gasteiger partial charge on any atom is -0.294 e. The van der Waals surface area contributed by atoms with Crippen LogP contribution in [0.3, 0.4) is 0 Å². The molecule has 0 saturated carbocycles. The van der Waals surface area contributed by atoms with E-state index in [9.17, 15) is 0 Å². The second-order valence-corrected chi connectivity index (χ2v) is 3.78. The molecule has 1 nitrogen and oxygen atoms in total. The molecule has 0 aliphatic heterocycles. The normalized spacial score (nSPS) is 12.1. The highest BCUT2D eigenvalue weighted by Gasteiger charge is 1.90. The molecular formula is C12H25N. The largest absolute Gasteiger partial charge is 0.294 e. The highest BCUT2D eigenvalue weighted by molar-refractivity contribution is 5.81. The van der Waals surface area contributed by atoms with Crippen molar-refractivity contribution in [1.29, 1.82) is 0 Å². The van der Waals surface area contributed by atoms with Gasteiger partial charge in [-0.25, -0.2) is 0 Å². The predicted octanol–water partition coefficient (Wildman–Crippen LogP) is 4.22. The Labute approximate surface area is 83.6 Å². The lowest BCUT2D eigenvalue weighted by Gasteiger charge is -1.99. The second kappa shape index (κ2) is 9.76. The monoisotopic (exact) mass is 183 g/mol. The summed E-state index contributed by atoms with van der Waals surface area (Å²) < 4.78 is 0. The fourth-order valence-electron chi connectivity index (χ4n) is 1.32. The van der Waals surface area contributed by atoms with E-state index in [1.807, 2.05) is 0 Å². The molecule has 0 rings (SSSR count). The van der Waals surface area contributed by atoms with Crippen molar-refractivity contribution in [2.24, 2.45) is 4.99 Å². The standard InChI is InChI=1S/C12H25N/c1-4-6-8-9-11-13-12(3)10-7-5-2/h4-11H2,1-3H3. The van der Waals surface area contributed by atoms with Gasteiger partial charge in [-0.3, -0.25) is 4.99 Å². The maximum absolute atomic E-state index is 4.55. The van der Waals surface area contributed by atoms with Gasteiger partial charge in [0.25, 0.3) is 0 Å². The molecule has 0 aromatic carbocycles. The van der Waals surface area contributed by atoms with Crippen LogP contribution in [0.4, 0.5) is 0 Å². The molecule has 0 fully saturated rings. The Morgan fingerprint density at radius 3 is 2.23 bits per heavy atom. The van der Waals surface area contributed by atoms with Gasteiger partial charge in [-0.1, -0.05) is 39.5 Å². The van der Waals surface area contributed by atoms with E-state index in [-0.39, 0.29) is 0 Å². The molecule has 1 heteroatoms. The summed E-state index contributed by atoms with van der Waals surface area (Å²) in [6.07, 6.45) is 9.08. The second-order valence-electron chi connectivity index (χ2n) is 3.78. The van der Waals surface area contributed by atoms with Crippen molar-refractivity contribution in [3.63, 3.8) is 0 Å². The Morgan fingerprint density at radius 2 is 1.62 bits per heavy atom. The van der Waals surface area contributed by atoms with Crippen LogP contribution in [0.1, 0.15) is 65.7 Å². The van der Waals surface area contributed by atoms with Crippen molar-refractivity contribution >= 4 is 5.71 Å². The van der Waals surface area contributed by atoms with Crippen LogP contribution in [0.5, 0.6) is 0 Å². The highest BCUT2D eigenvalue weighted by Crippen LogP contribution is 2.01. The first kappa shape index (κ1) is 12.7. The number of aliphatic imine (C=N–C) groups is 1. The summed E-state index contributed by atoms with van der Waals surface area (Å²) in [7, 11) is 0. The van der Waals surface area contributed by atoms with Gasteiger partial charge in [0.05, 0.1) is 0 Å². The Morgan fingerprint density at radius 1 is 0.923 bits per heavy atom. The van der Waals surface area contributed by atoms with Crippen LogP contribution in [0, 0.1) is 0 Å². The van der Waals surface area contributed by atoms with Gasteiger partial charge in [0.15, 0.2) is 0 Å². The van der Waals surface area contributed by atoms with Crippen molar-refractivity contribution in [2.75, 3.05) is 6.54 Å². The van der Waals surface area contributed by atoms with Gasteiger partial charge in [0, 0.05) is 12.3 Å². The molecule has 13 heavy (non-hydrogen) atoms. The van der Waals surface area contributed by atoms with E-state index in [0.29, 0.717) is 0 Å². The minimum atomic E-state index is 1.05. The quantitative estimate of drug-likeness (QED) is 0.395. The summed E-state index contributed by atoms with van der Waals surface area (Å²) in [6.45, 7) is 7.69. The van der Waals surface area contributed by atoms with Crippen LogP contribution >= 0.6 is 0 Å². The maximum atomic E-state index is 4.55. The summed E-state index contributed by atoms with van der Waals surface area (Å²) in [5.74, 6) is 0. The van der Waals surface area contributed by atoms with Gasteiger partial charge in [-0.2, -0.15) is 0 Å². The average molecular weight is 183 g/mol. The molecule has 0 radical (unpaired) electrons. The molecule has 78 valence electrons. The number of hydrogen-bond donors (Lipinski definition) is 0. The Hall–Kier alpha value is -0.330. The van der Waals surface area contributed by atoms with E-state index in [1.165, 1.54) is 50.7 Å². The molecule has 0 amide bonds. The minimum absolute atomic E-state index is 1.05. The maximum Gasteiger partial charge on any atom is 0.0388 e. The smallest absolute Gasteiger partial charge is 0.0388 e. The number of unbranched alkanes of at least 4 members (excludes halogenated alkanes) is 4. The fraction of sp³-hybridized carbons (Fsp3) is 0.917. The Bertz CT molecular complexity index is 127. The lowest BCUT2D eigenvalue weighted by molar-refractivity contribution is 0.673. The van der Waals surface area contributed by atoms with Gasteiger partial charge >= 0.3 is 0 Å². The van der Waals surface area contributed by atoms with Gasteiger partial charge < -0.3 is 0 Å². The molecule has 0 aliphatic carbocycles. The summed E-state index contributed by atoms with van der Waals surface area (Å²) in [4.78, 5) is 4.55. The lowest BCUT2D eigenvalue weighted by Crippen LogP contribution is -1.93. The average Bonchev–Trinajstić information content (AvgIpc) is 2.14. The highest BCUT2D eigenvalue weighted by atomic mass is 14.7. The third-order valence-electron chi connectivity index (χ3n) is 2.29. The first-order chi connectivity index (χ1) is 6.31. The Kier molecular flexibility index (Phi) is 9.51. The molecular weight excluding hydrogens is 158 g/mol. The lowest BCUT2D eigenvalue weighted by atomic mass is 10.2. The zero-order valence-corrected chi connectivity index (χ0v) is 9.60. The number of hydrogen-bond acceptors (Lipinski definition) is 1. The van der Waals surface area contributed by atoms with Gasteiger partial charge in [-0.15, -0.1) is 0 Å². The SMILES string of the molecule is CCCCCCN=C(C)CCCC. The molecule has 0 bridgehead atoms. The molecule has 0 atom stereocenters. The van der Waals surface area contributed by atoms with E-state index >= 15 is 0 Å². The summed E-state index contributed by atoms with van der Waals surface area (Å²) in [5.41, 5.74) is 1.35. The molecule has 0 aliphatic rings. The first-order valence-electron chi connectivity index (χ1n) is 5.81. The zero-order valence-electron chi connectivity index (χ0n) is 9.60. The van der Waals surface area contributed by atoms with Gasteiger partial charge in [0.2, 0.25) is 0 Å². The van der Waals surface area contributed by atoms with E-state index in [0.717, 1.165) is 6.54 Å². The molecule has 0 N–H and O–H groups in total. The van der Waals surface area contributed by atoms with E-state index < -0.39 is 0 Å². The van der Waals surface area contributed by atoms with Crippen LogP contribution in [0.15, 0.2) is 4.99 Å². The van der Waals surface area contributed by atoms with Crippen LogP contribution in [0.2, 0.25) is 0 Å². The van der Waals surface area contributed by atoms with Crippen molar-refractivity contribution in [3.8, 4) is 0 Å². The van der Waals surface area contributed by atoms with E-state index in [1.54, 1.807) is 0 Å². The van der Waals surface area contributed by atoms with Gasteiger partial charge in [-0.05, 0) is 26.2 Å². The zero-order chi connectivity index (χ0) is 9.94. The van der Waals surface area contributed by atoms with Crippen molar-refractivity contribution in [1.82, 2.24) is 0 Å². The summed E-state index contributed by atoms with van der Waals surface area (Å²) in [5, 5.41) is 0. The molecule has 0 heterocycles. The van der Waals surface area contributed by atoms with Crippen molar-refractivity contribution in [3.05, 3.63) is 0 Å². The fourth-order valence-corrected chi connectivity index (χ4v) is 1.32. The van der Waals surface area contributed by atoms with Crippen LogP contribution in [0.25, 0.3) is 0 Å². The molecule has 0 saturated heterocycles. The van der Waals surface area contributed by atoms with Crippen LogP contribution < -0.4 is 0 Å². The van der Waals surface area contributed by atoms with Crippen molar-refractivity contribution < 1.29 is 0 Å². The molecule has 0 aromatic heterocycles. The van der Waals surface area contributed by atoms with Crippen molar-refractivity contribution in [2.45, 2.75) is 65.7 Å². The number of rotatable bonds is 8. The van der Waals surface area contributed by atoms with Crippen LogP contribution in [-0.2, 0) is 0 Å².